The maximum absolute atomic E-state index is 12.1. The van der Waals surface area contributed by atoms with Crippen molar-refractivity contribution in [2.45, 2.75) is 32.9 Å². The Bertz CT molecular complexity index is 1020. The van der Waals surface area contributed by atoms with E-state index in [1.165, 1.54) is 7.11 Å². The Morgan fingerprint density at radius 1 is 1.18 bits per heavy atom. The van der Waals surface area contributed by atoms with E-state index in [0.717, 1.165) is 5.56 Å². The molecule has 8 heteroatoms. The third-order valence-electron chi connectivity index (χ3n) is 3.79. The molecular weight excluding hydrogens is 360 g/mol. The second kappa shape index (κ2) is 7.67. The smallest absolute Gasteiger partial charge is 0.407 e. The van der Waals surface area contributed by atoms with Crippen molar-refractivity contribution in [3.8, 4) is 11.4 Å². The first-order valence-electron chi connectivity index (χ1n) is 8.77. The van der Waals surface area contributed by atoms with Crippen molar-refractivity contribution in [3.05, 3.63) is 53.9 Å². The van der Waals surface area contributed by atoms with Crippen LogP contribution in [0, 0.1) is 0 Å². The van der Waals surface area contributed by atoms with Crippen LogP contribution in [0.3, 0.4) is 0 Å². The molecule has 2 heterocycles. The first-order chi connectivity index (χ1) is 13.3. The van der Waals surface area contributed by atoms with Crippen molar-refractivity contribution >= 4 is 17.6 Å². The third kappa shape index (κ3) is 4.46. The molecule has 0 radical (unpaired) electrons. The van der Waals surface area contributed by atoms with Crippen molar-refractivity contribution in [2.24, 2.45) is 0 Å². The first-order valence-corrected chi connectivity index (χ1v) is 8.77. The number of ether oxygens (including phenoxy) is 2. The third-order valence-corrected chi connectivity index (χ3v) is 3.79. The highest BCUT2D eigenvalue weighted by molar-refractivity contribution is 5.95. The maximum Gasteiger partial charge on any atom is 0.407 e. The molecule has 0 aliphatic rings. The molecule has 0 fully saturated rings. The topological polar surface area (TPSA) is 94.8 Å². The number of nitrogens with one attached hydrogen (secondary N) is 1. The lowest BCUT2D eigenvalue weighted by atomic mass is 10.1. The zero-order valence-corrected chi connectivity index (χ0v) is 16.2. The van der Waals surface area contributed by atoms with E-state index < -0.39 is 17.7 Å². The summed E-state index contributed by atoms with van der Waals surface area (Å²) in [7, 11) is 1.31. The largest absolute Gasteiger partial charge is 0.464 e. The van der Waals surface area contributed by atoms with Gasteiger partial charge in [-0.3, -0.25) is 0 Å². The quantitative estimate of drug-likeness (QED) is 0.696. The molecule has 8 nitrogen and oxygen atoms in total. The minimum atomic E-state index is -0.559. The molecule has 3 aromatic rings. The van der Waals surface area contributed by atoms with Crippen LogP contribution < -0.4 is 5.32 Å². The molecule has 146 valence electrons. The number of alkyl carbamates (subject to hydrolysis) is 1. The number of methoxy groups -OCH3 is 1. The Balaban J connectivity index is 1.86. The van der Waals surface area contributed by atoms with Crippen LogP contribution in [-0.2, 0) is 16.0 Å². The van der Waals surface area contributed by atoms with E-state index >= 15 is 0 Å². The van der Waals surface area contributed by atoms with Gasteiger partial charge in [0.1, 0.15) is 5.60 Å². The van der Waals surface area contributed by atoms with Crippen molar-refractivity contribution < 1.29 is 19.1 Å². The molecule has 0 unspecified atom stereocenters. The molecule has 0 aliphatic carbocycles. The summed E-state index contributed by atoms with van der Waals surface area (Å²) < 4.78 is 11.7. The summed E-state index contributed by atoms with van der Waals surface area (Å²) in [6.07, 6.45) is 1.25. The Kier molecular flexibility index (Phi) is 5.30. The summed E-state index contributed by atoms with van der Waals surface area (Å²) in [5.41, 5.74) is 1.76. The minimum absolute atomic E-state index is 0.190. The highest BCUT2D eigenvalue weighted by Gasteiger charge is 2.17. The van der Waals surface area contributed by atoms with Crippen LogP contribution in [0.2, 0.25) is 0 Å². The van der Waals surface area contributed by atoms with Crippen LogP contribution in [0.25, 0.3) is 16.9 Å². The molecule has 28 heavy (non-hydrogen) atoms. The number of benzene rings is 1. The van der Waals surface area contributed by atoms with Crippen molar-refractivity contribution in [1.29, 1.82) is 0 Å². The van der Waals surface area contributed by atoms with E-state index in [9.17, 15) is 9.59 Å². The number of esters is 1. The van der Waals surface area contributed by atoms with Crippen LogP contribution in [0.5, 0.6) is 0 Å². The van der Waals surface area contributed by atoms with Crippen LogP contribution in [0.1, 0.15) is 36.8 Å². The fourth-order valence-electron chi connectivity index (χ4n) is 2.61. The number of amides is 1. The highest BCUT2D eigenvalue weighted by Crippen LogP contribution is 2.19. The van der Waals surface area contributed by atoms with Crippen molar-refractivity contribution in [2.75, 3.05) is 7.11 Å². The number of fused-ring (bicyclic) bond motifs is 1. The predicted octanol–water partition coefficient (Wildman–Crippen LogP) is 3.21. The molecule has 0 atom stereocenters. The van der Waals surface area contributed by atoms with E-state index in [-0.39, 0.29) is 5.69 Å². The Hall–Kier alpha value is -3.42. The van der Waals surface area contributed by atoms with Gasteiger partial charge in [-0.2, -0.15) is 0 Å². The summed E-state index contributed by atoms with van der Waals surface area (Å²) in [6.45, 7) is 5.71. The average Bonchev–Trinajstić information content (AvgIpc) is 3.12. The van der Waals surface area contributed by atoms with Gasteiger partial charge in [0.15, 0.2) is 11.5 Å². The van der Waals surface area contributed by atoms with E-state index in [1.54, 1.807) is 43.6 Å². The normalized spacial score (nSPS) is 11.3. The number of hydrogen-bond acceptors (Lipinski definition) is 6. The number of carbonyl (C=O) groups is 2. The van der Waals surface area contributed by atoms with E-state index in [1.807, 2.05) is 24.3 Å². The molecule has 0 saturated carbocycles. The van der Waals surface area contributed by atoms with Gasteiger partial charge in [0.2, 0.25) is 0 Å². The van der Waals surface area contributed by atoms with Gasteiger partial charge < -0.3 is 14.8 Å². The summed E-state index contributed by atoms with van der Waals surface area (Å²) >= 11 is 0. The van der Waals surface area contributed by atoms with Crippen LogP contribution in [0.15, 0.2) is 42.6 Å². The molecule has 1 N–H and O–H groups in total. The van der Waals surface area contributed by atoms with Gasteiger partial charge in [0.25, 0.3) is 0 Å². The highest BCUT2D eigenvalue weighted by atomic mass is 16.6. The standard InChI is InChI=1S/C20H22N4O4/c1-20(2,3)28-19(26)21-12-13-7-5-8-14(11-13)17-22-16(18(25)27-4)15-9-6-10-24(15)23-17/h5-11H,12H2,1-4H3,(H,21,26). The van der Waals surface area contributed by atoms with E-state index in [0.29, 0.717) is 23.4 Å². The number of hydrogen-bond donors (Lipinski definition) is 1. The maximum atomic E-state index is 12.1. The van der Waals surface area contributed by atoms with Gasteiger partial charge in [-0.15, -0.1) is 5.10 Å². The number of aromatic nitrogens is 3. The fourth-order valence-corrected chi connectivity index (χ4v) is 2.61. The molecule has 2 aromatic heterocycles. The average molecular weight is 382 g/mol. The summed E-state index contributed by atoms with van der Waals surface area (Å²) in [4.78, 5) is 28.3. The zero-order chi connectivity index (χ0) is 20.3. The Labute approximate surface area is 162 Å². The minimum Gasteiger partial charge on any atom is -0.464 e. The second-order valence-electron chi connectivity index (χ2n) is 7.17. The lowest BCUT2D eigenvalue weighted by Crippen LogP contribution is -2.32. The molecule has 1 amide bonds. The first kappa shape index (κ1) is 19.3. The lowest BCUT2D eigenvalue weighted by molar-refractivity contribution is 0.0522. The molecular formula is C20H22N4O4. The van der Waals surface area contributed by atoms with Gasteiger partial charge in [-0.1, -0.05) is 18.2 Å². The summed E-state index contributed by atoms with van der Waals surface area (Å²) in [5.74, 6) is -0.154. The lowest BCUT2D eigenvalue weighted by Gasteiger charge is -2.19. The van der Waals surface area contributed by atoms with E-state index in [4.69, 9.17) is 9.47 Å². The van der Waals surface area contributed by atoms with Crippen LogP contribution >= 0.6 is 0 Å². The molecule has 3 rings (SSSR count). The molecule has 1 aromatic carbocycles. The van der Waals surface area contributed by atoms with Gasteiger partial charge in [-0.05, 0) is 44.5 Å². The Morgan fingerprint density at radius 2 is 1.96 bits per heavy atom. The van der Waals surface area contributed by atoms with Gasteiger partial charge in [0, 0.05) is 18.3 Å². The summed E-state index contributed by atoms with van der Waals surface area (Å²) in [5, 5.41) is 7.17. The van der Waals surface area contributed by atoms with Crippen molar-refractivity contribution in [3.63, 3.8) is 0 Å². The number of rotatable bonds is 4. The molecule has 0 aliphatic heterocycles. The van der Waals surface area contributed by atoms with Gasteiger partial charge >= 0.3 is 12.1 Å². The van der Waals surface area contributed by atoms with Gasteiger partial charge in [-0.25, -0.2) is 19.1 Å². The second-order valence-corrected chi connectivity index (χ2v) is 7.17. The monoisotopic (exact) mass is 382 g/mol. The Morgan fingerprint density at radius 3 is 2.68 bits per heavy atom. The number of nitrogens with zero attached hydrogens (tertiary/aromatic N) is 3. The summed E-state index contributed by atoms with van der Waals surface area (Å²) in [6, 6.07) is 10.9. The van der Waals surface area contributed by atoms with Crippen LogP contribution in [-0.4, -0.2) is 39.4 Å². The fraction of sp³-hybridized carbons (Fsp3) is 0.300. The zero-order valence-electron chi connectivity index (χ0n) is 16.2. The SMILES string of the molecule is COC(=O)c1nc(-c2cccc(CNC(=O)OC(C)(C)C)c2)nn2cccc12. The molecule has 0 saturated heterocycles. The van der Waals surface area contributed by atoms with Crippen molar-refractivity contribution in [1.82, 2.24) is 19.9 Å². The van der Waals surface area contributed by atoms with Gasteiger partial charge in [0.05, 0.1) is 12.6 Å². The number of carbonyl (C=O) groups excluding carboxylic acids is 2. The molecule has 0 spiro atoms. The van der Waals surface area contributed by atoms with Crippen LogP contribution in [0.4, 0.5) is 4.79 Å². The van der Waals surface area contributed by atoms with E-state index in [2.05, 4.69) is 15.4 Å². The molecule has 0 bridgehead atoms. The predicted molar refractivity (Wildman–Crippen MR) is 103 cm³/mol.